The van der Waals surface area contributed by atoms with Crippen LogP contribution in [0.4, 0.5) is 5.69 Å². The van der Waals surface area contributed by atoms with E-state index in [0.717, 1.165) is 16.6 Å². The van der Waals surface area contributed by atoms with Gasteiger partial charge in [-0.1, -0.05) is 18.2 Å². The van der Waals surface area contributed by atoms with Crippen LogP contribution in [-0.4, -0.2) is 55.4 Å². The molecular weight excluding hydrogens is 342 g/mol. The molecule has 1 aliphatic carbocycles. The number of phenolic OH excluding ortho intramolecular Hbond substituents is 1. The molecule has 0 heterocycles. The van der Waals surface area contributed by atoms with Gasteiger partial charge in [-0.2, -0.15) is 5.10 Å². The molecule has 2 N–H and O–H groups in total. The van der Waals surface area contributed by atoms with Crippen LogP contribution < -0.4 is 10.2 Å². The van der Waals surface area contributed by atoms with E-state index in [1.807, 2.05) is 30.3 Å². The van der Waals surface area contributed by atoms with E-state index in [9.17, 15) is 9.90 Å². The number of rotatable bonds is 6. The molecule has 2 aromatic carbocycles. The summed E-state index contributed by atoms with van der Waals surface area (Å²) in [4.78, 5) is 12.4. The minimum atomic E-state index is -0.0379. The highest BCUT2D eigenvalue weighted by atomic mass is 16.5. The number of Topliss-reactive ketones (excluding diaryl/α,β-unsaturated/α-hetero) is 1. The predicted octanol–water partition coefficient (Wildman–Crippen LogP) is 2.81. The molecule has 0 saturated carbocycles. The number of nitrogens with one attached hydrogen (secondary N) is 1. The molecule has 2 aromatic rings. The number of ether oxygens (including phenoxy) is 1. The minimum Gasteiger partial charge on any atom is -0.508 e. The molecule has 3 rings (SSSR count). The molecular formula is C21H26N3O3+. The first-order valence-electron chi connectivity index (χ1n) is 9.05. The summed E-state index contributed by atoms with van der Waals surface area (Å²) in [6.45, 7) is 1.45. The molecule has 0 radical (unpaired) electrons. The maximum absolute atomic E-state index is 12.4. The van der Waals surface area contributed by atoms with Crippen molar-refractivity contribution in [3.05, 3.63) is 53.6 Å². The number of carbonyl (C=O) groups is 1. The maximum Gasteiger partial charge on any atom is 0.183 e. The molecule has 0 aliphatic heterocycles. The molecule has 1 aliphatic rings. The third-order valence-corrected chi connectivity index (χ3v) is 4.43. The summed E-state index contributed by atoms with van der Waals surface area (Å²) in [7, 11) is 6.34. The van der Waals surface area contributed by atoms with Gasteiger partial charge in [0.1, 0.15) is 30.4 Å². The fourth-order valence-electron chi connectivity index (χ4n) is 2.87. The number of aromatic hydroxyl groups is 1. The zero-order valence-electron chi connectivity index (χ0n) is 16.0. The molecule has 0 amide bonds. The second-order valence-corrected chi connectivity index (χ2v) is 7.70. The van der Waals surface area contributed by atoms with Crippen LogP contribution in [0.25, 0.3) is 0 Å². The molecule has 0 bridgehead atoms. The molecule has 0 spiro atoms. The van der Waals surface area contributed by atoms with Crippen LogP contribution in [-0.2, 0) is 11.2 Å². The van der Waals surface area contributed by atoms with Crippen LogP contribution in [0.1, 0.15) is 17.5 Å². The van der Waals surface area contributed by atoms with Crippen molar-refractivity contribution in [2.45, 2.75) is 12.8 Å². The number of phenols is 1. The second kappa shape index (κ2) is 7.80. The predicted molar refractivity (Wildman–Crippen MR) is 106 cm³/mol. The number of hydrogen-bond donors (Lipinski definition) is 2. The number of hydrazone groups is 1. The number of quaternary nitrogens is 1. The Hall–Kier alpha value is -2.86. The first-order chi connectivity index (χ1) is 12.8. The minimum absolute atomic E-state index is 0.0379. The second-order valence-electron chi connectivity index (χ2n) is 7.70. The van der Waals surface area contributed by atoms with Crippen LogP contribution in [0.2, 0.25) is 0 Å². The van der Waals surface area contributed by atoms with Gasteiger partial charge in [0.05, 0.1) is 26.8 Å². The van der Waals surface area contributed by atoms with Gasteiger partial charge in [-0.25, -0.2) is 0 Å². The van der Waals surface area contributed by atoms with Gasteiger partial charge in [0.25, 0.3) is 0 Å². The number of likely N-dealkylation sites (N-methyl/N-ethyl adjacent to an activating group) is 1. The van der Waals surface area contributed by atoms with E-state index >= 15 is 0 Å². The lowest BCUT2D eigenvalue weighted by Crippen LogP contribution is -2.38. The Labute approximate surface area is 159 Å². The Kier molecular flexibility index (Phi) is 5.46. The summed E-state index contributed by atoms with van der Waals surface area (Å²) in [6, 6.07) is 12.6. The van der Waals surface area contributed by atoms with Crippen molar-refractivity contribution in [3.8, 4) is 11.5 Å². The van der Waals surface area contributed by atoms with E-state index in [1.54, 1.807) is 12.1 Å². The number of nitrogens with zero attached hydrogens (tertiary/aromatic N) is 2. The van der Waals surface area contributed by atoms with Crippen molar-refractivity contribution < 1.29 is 19.1 Å². The molecule has 0 saturated heterocycles. The Balaban J connectivity index is 1.80. The van der Waals surface area contributed by atoms with Crippen molar-refractivity contribution in [1.29, 1.82) is 0 Å². The number of para-hydroxylation sites is 2. The highest BCUT2D eigenvalue weighted by Gasteiger charge is 2.23. The third-order valence-electron chi connectivity index (χ3n) is 4.43. The molecule has 0 fully saturated rings. The molecule has 0 unspecified atom stereocenters. The van der Waals surface area contributed by atoms with Gasteiger partial charge >= 0.3 is 0 Å². The number of benzene rings is 2. The van der Waals surface area contributed by atoms with Gasteiger partial charge in [0.15, 0.2) is 5.78 Å². The Morgan fingerprint density at radius 2 is 1.93 bits per heavy atom. The average molecular weight is 368 g/mol. The molecule has 0 atom stereocenters. The van der Waals surface area contributed by atoms with Crippen molar-refractivity contribution >= 4 is 17.2 Å². The van der Waals surface area contributed by atoms with Gasteiger partial charge in [0, 0.05) is 12.0 Å². The number of fused-ring (bicyclic) bond motifs is 1. The fourth-order valence-corrected chi connectivity index (χ4v) is 2.87. The summed E-state index contributed by atoms with van der Waals surface area (Å²) in [5.41, 5.74) is 5.72. The number of ketones is 1. The third kappa shape index (κ3) is 4.86. The Morgan fingerprint density at radius 1 is 1.15 bits per heavy atom. The van der Waals surface area contributed by atoms with Crippen LogP contribution in [0.15, 0.2) is 47.6 Å². The van der Waals surface area contributed by atoms with Gasteiger partial charge in [-0.3, -0.25) is 10.2 Å². The van der Waals surface area contributed by atoms with E-state index in [2.05, 4.69) is 31.7 Å². The van der Waals surface area contributed by atoms with Crippen LogP contribution in [0, 0.1) is 0 Å². The summed E-state index contributed by atoms with van der Waals surface area (Å²) in [6.07, 6.45) is 1.08. The molecule has 0 aromatic heterocycles. The zero-order valence-corrected chi connectivity index (χ0v) is 16.0. The fraction of sp³-hybridized carbons (Fsp3) is 0.333. The summed E-state index contributed by atoms with van der Waals surface area (Å²) in [5, 5.41) is 14.1. The van der Waals surface area contributed by atoms with Crippen LogP contribution in [0.3, 0.4) is 0 Å². The first-order valence-corrected chi connectivity index (χ1v) is 9.05. The van der Waals surface area contributed by atoms with Crippen molar-refractivity contribution in [3.63, 3.8) is 0 Å². The number of anilines is 1. The van der Waals surface area contributed by atoms with Gasteiger partial charge in [-0.05, 0) is 36.2 Å². The van der Waals surface area contributed by atoms with Crippen molar-refractivity contribution in [1.82, 2.24) is 0 Å². The molecule has 27 heavy (non-hydrogen) atoms. The van der Waals surface area contributed by atoms with E-state index in [0.29, 0.717) is 42.2 Å². The summed E-state index contributed by atoms with van der Waals surface area (Å²) >= 11 is 0. The van der Waals surface area contributed by atoms with Gasteiger partial charge < -0.3 is 14.3 Å². The highest BCUT2D eigenvalue weighted by Crippen LogP contribution is 2.26. The molecule has 142 valence electrons. The topological polar surface area (TPSA) is 70.9 Å². The van der Waals surface area contributed by atoms with E-state index in [-0.39, 0.29) is 11.5 Å². The SMILES string of the molecule is C[N+](C)(C)CCOc1ccccc1NN=C1C(=O)CCc2ccc(O)cc21. The van der Waals surface area contributed by atoms with Crippen molar-refractivity contribution in [2.75, 3.05) is 39.7 Å². The van der Waals surface area contributed by atoms with E-state index in [4.69, 9.17) is 4.74 Å². The highest BCUT2D eigenvalue weighted by molar-refractivity contribution is 6.47. The molecule has 6 nitrogen and oxygen atoms in total. The Morgan fingerprint density at radius 3 is 2.70 bits per heavy atom. The number of carbonyl (C=O) groups excluding carboxylic acids is 1. The average Bonchev–Trinajstić information content (AvgIpc) is 2.61. The van der Waals surface area contributed by atoms with Crippen LogP contribution >= 0.6 is 0 Å². The quantitative estimate of drug-likeness (QED) is 0.608. The lowest BCUT2D eigenvalue weighted by molar-refractivity contribution is -0.870. The lowest BCUT2D eigenvalue weighted by Gasteiger charge is -2.24. The lowest BCUT2D eigenvalue weighted by atomic mass is 9.89. The zero-order chi connectivity index (χ0) is 19.4. The maximum atomic E-state index is 12.4. The van der Waals surface area contributed by atoms with Crippen LogP contribution in [0.5, 0.6) is 11.5 Å². The molecule has 6 heteroatoms. The summed E-state index contributed by atoms with van der Waals surface area (Å²) in [5.74, 6) is 0.777. The largest absolute Gasteiger partial charge is 0.508 e. The van der Waals surface area contributed by atoms with Crippen molar-refractivity contribution in [2.24, 2.45) is 5.10 Å². The van der Waals surface area contributed by atoms with E-state index < -0.39 is 0 Å². The van der Waals surface area contributed by atoms with Gasteiger partial charge in [-0.15, -0.1) is 0 Å². The standard InChI is InChI=1S/C21H25N3O3/c1-24(2,3)12-13-27-20-7-5-4-6-18(20)22-23-21-17-14-16(25)10-8-15(17)9-11-19(21)26/h4-8,10,14H,9,11-13H2,1-3H3,(H-,22,25,26)/p+1. The number of hydrogen-bond acceptors (Lipinski definition) is 5. The normalized spacial score (nSPS) is 15.5. The number of aryl methyl sites for hydroxylation is 1. The monoisotopic (exact) mass is 368 g/mol. The van der Waals surface area contributed by atoms with Gasteiger partial charge in [0.2, 0.25) is 0 Å². The Bertz CT molecular complexity index is 869. The first kappa shape index (κ1) is 18.9. The van der Waals surface area contributed by atoms with E-state index in [1.165, 1.54) is 0 Å². The smallest absolute Gasteiger partial charge is 0.183 e. The summed E-state index contributed by atoms with van der Waals surface area (Å²) < 4.78 is 6.71.